The van der Waals surface area contributed by atoms with Gasteiger partial charge in [0.1, 0.15) is 11.9 Å². The number of aliphatic hydroxyl groups excluding tert-OH is 1. The number of nitrogens with one attached hydrogen (secondary N) is 1. The minimum atomic E-state index is -0.709. The number of thiophene rings is 1. The second kappa shape index (κ2) is 7.47. The molecule has 1 aromatic heterocycles. The smallest absolute Gasteiger partial charge is 0.255 e. The number of aliphatic hydroxyl groups is 1. The van der Waals surface area contributed by atoms with Gasteiger partial charge in [-0.2, -0.15) is 0 Å². The Bertz CT molecular complexity index is 830. The summed E-state index contributed by atoms with van der Waals surface area (Å²) in [6.07, 6.45) is -0.709. The van der Waals surface area contributed by atoms with Gasteiger partial charge in [-0.1, -0.05) is 36.4 Å². The summed E-state index contributed by atoms with van der Waals surface area (Å²) in [5.74, 6) is 0.310. The average Bonchev–Trinajstić information content (AvgIpc) is 3.14. The molecule has 0 saturated heterocycles. The van der Waals surface area contributed by atoms with E-state index in [1.165, 1.54) is 11.3 Å². The first kappa shape index (κ1) is 16.5. The minimum absolute atomic E-state index is 0.161. The standard InChI is InChI=1S/C19H19NO3S/c1-2-23-16-10-9-13-6-3-4-7-14(13)18(16)19(22)20-12-15(21)17-8-5-11-24-17/h3-11,15,21H,2,12H2,1H3,(H,20,22)/t15-/m0/s1. The predicted molar refractivity (Wildman–Crippen MR) is 96.7 cm³/mol. The maximum Gasteiger partial charge on any atom is 0.255 e. The molecule has 2 aromatic carbocycles. The molecular weight excluding hydrogens is 322 g/mol. The van der Waals surface area contributed by atoms with E-state index in [4.69, 9.17) is 4.74 Å². The number of hydrogen-bond donors (Lipinski definition) is 2. The third kappa shape index (κ3) is 3.42. The lowest BCUT2D eigenvalue weighted by molar-refractivity contribution is 0.0916. The molecule has 0 saturated carbocycles. The molecular formula is C19H19NO3S. The number of benzene rings is 2. The number of carbonyl (C=O) groups is 1. The highest BCUT2D eigenvalue weighted by Crippen LogP contribution is 2.28. The van der Waals surface area contributed by atoms with E-state index in [0.29, 0.717) is 17.9 Å². The van der Waals surface area contributed by atoms with Crippen molar-refractivity contribution in [1.82, 2.24) is 5.32 Å². The maximum absolute atomic E-state index is 12.7. The van der Waals surface area contributed by atoms with Crippen LogP contribution >= 0.6 is 11.3 Å². The zero-order chi connectivity index (χ0) is 16.9. The van der Waals surface area contributed by atoms with Gasteiger partial charge in [-0.3, -0.25) is 4.79 Å². The van der Waals surface area contributed by atoms with Crippen molar-refractivity contribution in [2.45, 2.75) is 13.0 Å². The fourth-order valence-electron chi connectivity index (χ4n) is 2.62. The van der Waals surface area contributed by atoms with Crippen LogP contribution in [0.3, 0.4) is 0 Å². The van der Waals surface area contributed by atoms with Gasteiger partial charge in [0.05, 0.1) is 12.2 Å². The molecule has 4 nitrogen and oxygen atoms in total. The van der Waals surface area contributed by atoms with Crippen LogP contribution in [-0.4, -0.2) is 24.2 Å². The van der Waals surface area contributed by atoms with Gasteiger partial charge in [0.15, 0.2) is 0 Å². The third-order valence-electron chi connectivity index (χ3n) is 3.75. The Morgan fingerprint density at radius 1 is 1.21 bits per heavy atom. The molecule has 1 amide bonds. The summed E-state index contributed by atoms with van der Waals surface area (Å²) >= 11 is 1.47. The largest absolute Gasteiger partial charge is 0.493 e. The molecule has 0 spiro atoms. The van der Waals surface area contributed by atoms with Crippen molar-refractivity contribution >= 4 is 28.0 Å². The summed E-state index contributed by atoms with van der Waals surface area (Å²) in [5.41, 5.74) is 0.508. The molecule has 24 heavy (non-hydrogen) atoms. The van der Waals surface area contributed by atoms with E-state index in [9.17, 15) is 9.90 Å². The van der Waals surface area contributed by atoms with Gasteiger partial charge in [0.2, 0.25) is 0 Å². The Labute approximate surface area is 144 Å². The molecule has 1 atom stereocenters. The summed E-state index contributed by atoms with van der Waals surface area (Å²) < 4.78 is 5.62. The Morgan fingerprint density at radius 3 is 2.79 bits per heavy atom. The molecule has 124 valence electrons. The number of rotatable bonds is 6. The Hall–Kier alpha value is -2.37. The molecule has 3 aromatic rings. The van der Waals surface area contributed by atoms with Crippen molar-refractivity contribution in [3.63, 3.8) is 0 Å². The van der Waals surface area contributed by atoms with Gasteiger partial charge >= 0.3 is 0 Å². The fourth-order valence-corrected chi connectivity index (χ4v) is 3.33. The van der Waals surface area contributed by atoms with Crippen LogP contribution in [0.4, 0.5) is 0 Å². The monoisotopic (exact) mass is 341 g/mol. The molecule has 5 heteroatoms. The Balaban J connectivity index is 1.86. The summed E-state index contributed by atoms with van der Waals surface area (Å²) in [4.78, 5) is 13.6. The average molecular weight is 341 g/mol. The van der Waals surface area contributed by atoms with Crippen LogP contribution in [0, 0.1) is 0 Å². The molecule has 0 aliphatic rings. The van der Waals surface area contributed by atoms with Gasteiger partial charge in [-0.25, -0.2) is 0 Å². The van der Waals surface area contributed by atoms with Crippen LogP contribution in [0.25, 0.3) is 10.8 Å². The van der Waals surface area contributed by atoms with E-state index in [2.05, 4.69) is 5.32 Å². The highest BCUT2D eigenvalue weighted by atomic mass is 32.1. The molecule has 2 N–H and O–H groups in total. The lowest BCUT2D eigenvalue weighted by Gasteiger charge is -2.15. The van der Waals surface area contributed by atoms with Crippen LogP contribution in [-0.2, 0) is 0 Å². The van der Waals surface area contributed by atoms with E-state index in [1.54, 1.807) is 0 Å². The van der Waals surface area contributed by atoms with Crippen LogP contribution in [0.15, 0.2) is 53.9 Å². The van der Waals surface area contributed by atoms with E-state index in [-0.39, 0.29) is 12.5 Å². The van der Waals surface area contributed by atoms with Gasteiger partial charge in [0.25, 0.3) is 5.91 Å². The first-order valence-electron chi connectivity index (χ1n) is 7.85. The number of carbonyl (C=O) groups excluding carboxylic acids is 1. The zero-order valence-corrected chi connectivity index (χ0v) is 14.2. The predicted octanol–water partition coefficient (Wildman–Crippen LogP) is 3.76. The van der Waals surface area contributed by atoms with Crippen molar-refractivity contribution in [3.05, 3.63) is 64.4 Å². The van der Waals surface area contributed by atoms with Gasteiger partial charge in [-0.05, 0) is 35.2 Å². The lowest BCUT2D eigenvalue weighted by atomic mass is 10.0. The van der Waals surface area contributed by atoms with Crippen LogP contribution < -0.4 is 10.1 Å². The van der Waals surface area contributed by atoms with E-state index in [1.807, 2.05) is 60.8 Å². The SMILES string of the molecule is CCOc1ccc2ccccc2c1C(=O)NC[C@H](O)c1cccs1. The zero-order valence-electron chi connectivity index (χ0n) is 13.4. The van der Waals surface area contributed by atoms with Gasteiger partial charge < -0.3 is 15.2 Å². The highest BCUT2D eigenvalue weighted by Gasteiger charge is 2.18. The summed E-state index contributed by atoms with van der Waals surface area (Å²) in [7, 11) is 0. The normalized spacial score (nSPS) is 12.1. The number of fused-ring (bicyclic) bond motifs is 1. The lowest BCUT2D eigenvalue weighted by Crippen LogP contribution is -2.28. The first-order chi connectivity index (χ1) is 11.7. The highest BCUT2D eigenvalue weighted by molar-refractivity contribution is 7.10. The Kier molecular flexibility index (Phi) is 5.13. The van der Waals surface area contributed by atoms with Crippen molar-refractivity contribution in [2.75, 3.05) is 13.2 Å². The molecule has 1 heterocycles. The first-order valence-corrected chi connectivity index (χ1v) is 8.73. The molecule has 0 radical (unpaired) electrons. The summed E-state index contributed by atoms with van der Waals surface area (Å²) in [6, 6.07) is 15.2. The fraction of sp³-hybridized carbons (Fsp3) is 0.211. The second-order valence-electron chi connectivity index (χ2n) is 5.33. The molecule has 0 aliphatic heterocycles. The second-order valence-corrected chi connectivity index (χ2v) is 6.31. The third-order valence-corrected chi connectivity index (χ3v) is 4.72. The number of hydrogen-bond acceptors (Lipinski definition) is 4. The number of amides is 1. The van der Waals surface area contributed by atoms with Gasteiger partial charge in [-0.15, -0.1) is 11.3 Å². The Morgan fingerprint density at radius 2 is 2.04 bits per heavy atom. The molecule has 0 fully saturated rings. The van der Waals surface area contributed by atoms with Crippen molar-refractivity contribution in [2.24, 2.45) is 0 Å². The van der Waals surface area contributed by atoms with E-state index >= 15 is 0 Å². The van der Waals surface area contributed by atoms with Crippen molar-refractivity contribution < 1.29 is 14.6 Å². The van der Waals surface area contributed by atoms with Crippen molar-refractivity contribution in [3.8, 4) is 5.75 Å². The van der Waals surface area contributed by atoms with Crippen LogP contribution in [0.1, 0.15) is 28.3 Å². The maximum atomic E-state index is 12.7. The quantitative estimate of drug-likeness (QED) is 0.718. The van der Waals surface area contributed by atoms with Crippen LogP contribution in [0.2, 0.25) is 0 Å². The van der Waals surface area contributed by atoms with Gasteiger partial charge in [0, 0.05) is 11.4 Å². The number of ether oxygens (including phenoxy) is 1. The molecule has 0 bridgehead atoms. The molecule has 3 rings (SSSR count). The topological polar surface area (TPSA) is 58.6 Å². The van der Waals surface area contributed by atoms with E-state index in [0.717, 1.165) is 15.6 Å². The summed E-state index contributed by atoms with van der Waals surface area (Å²) in [6.45, 7) is 2.53. The van der Waals surface area contributed by atoms with Crippen molar-refractivity contribution in [1.29, 1.82) is 0 Å². The molecule has 0 unspecified atom stereocenters. The van der Waals surface area contributed by atoms with E-state index < -0.39 is 6.10 Å². The summed E-state index contributed by atoms with van der Waals surface area (Å²) in [5, 5.41) is 16.7. The molecule has 0 aliphatic carbocycles. The minimum Gasteiger partial charge on any atom is -0.493 e. The van der Waals surface area contributed by atoms with Crippen LogP contribution in [0.5, 0.6) is 5.75 Å².